The Labute approximate surface area is 196 Å². The zero-order valence-corrected chi connectivity index (χ0v) is 20.3. The highest BCUT2D eigenvalue weighted by atomic mass is 32.2. The Hall–Kier alpha value is -2.42. The van der Waals surface area contributed by atoms with Crippen LogP contribution < -0.4 is 4.74 Å². The van der Waals surface area contributed by atoms with Crippen molar-refractivity contribution in [3.63, 3.8) is 0 Å². The van der Waals surface area contributed by atoms with Crippen molar-refractivity contribution < 1.29 is 33.3 Å². The molecule has 2 aromatic rings. The Morgan fingerprint density at radius 3 is 2.36 bits per heavy atom. The fourth-order valence-electron chi connectivity index (χ4n) is 3.64. The number of aliphatic hydroxyl groups excluding tert-OH is 2. The first-order valence-corrected chi connectivity index (χ1v) is 12.9. The summed E-state index contributed by atoms with van der Waals surface area (Å²) in [5, 5.41) is 29.7. The number of phenols is 1. The van der Waals surface area contributed by atoms with Crippen LogP contribution in [0.3, 0.4) is 0 Å². The van der Waals surface area contributed by atoms with Crippen LogP contribution in [0.4, 0.5) is 0 Å². The highest BCUT2D eigenvalue weighted by Crippen LogP contribution is 2.33. The number of benzene rings is 2. The summed E-state index contributed by atoms with van der Waals surface area (Å²) >= 11 is 0. The van der Waals surface area contributed by atoms with Crippen LogP contribution in [-0.2, 0) is 16.3 Å². The SMILES string of the molecule is CCCc1c(OCCCS(=O)(=O)c2ccc(C(O)C(C)CCO)cc2)ccc(C(C)=O)c1O. The van der Waals surface area contributed by atoms with Gasteiger partial charge in [-0.25, -0.2) is 8.42 Å². The number of hydrogen-bond donors (Lipinski definition) is 3. The van der Waals surface area contributed by atoms with Crippen LogP contribution in [0.5, 0.6) is 11.5 Å². The van der Waals surface area contributed by atoms with Crippen molar-refractivity contribution in [2.75, 3.05) is 19.0 Å². The van der Waals surface area contributed by atoms with Gasteiger partial charge >= 0.3 is 0 Å². The lowest BCUT2D eigenvalue weighted by Crippen LogP contribution is -2.13. The summed E-state index contributed by atoms with van der Waals surface area (Å²) in [6.45, 7) is 5.29. The molecule has 0 saturated heterocycles. The molecule has 0 amide bonds. The van der Waals surface area contributed by atoms with Crippen LogP contribution in [0.15, 0.2) is 41.3 Å². The topological polar surface area (TPSA) is 121 Å². The molecule has 0 saturated carbocycles. The van der Waals surface area contributed by atoms with Gasteiger partial charge in [-0.1, -0.05) is 32.4 Å². The van der Waals surface area contributed by atoms with Gasteiger partial charge in [0.1, 0.15) is 11.5 Å². The lowest BCUT2D eigenvalue weighted by atomic mass is 9.95. The van der Waals surface area contributed by atoms with Gasteiger partial charge in [0, 0.05) is 12.2 Å². The molecular formula is C25H34O7S. The number of rotatable bonds is 13. The van der Waals surface area contributed by atoms with Crippen LogP contribution in [0.2, 0.25) is 0 Å². The molecule has 2 aromatic carbocycles. The van der Waals surface area contributed by atoms with Gasteiger partial charge in [-0.05, 0) is 61.9 Å². The standard InChI is InChI=1S/C25H34O7S/c1-4-6-22-23(12-11-21(18(3)27)25(22)29)32-15-5-16-33(30,31)20-9-7-19(8-10-20)24(28)17(2)13-14-26/h7-12,17,24,26,28-29H,4-6,13-16H2,1-3H3. The van der Waals surface area contributed by atoms with Gasteiger partial charge < -0.3 is 20.1 Å². The van der Waals surface area contributed by atoms with E-state index in [9.17, 15) is 23.4 Å². The smallest absolute Gasteiger partial charge is 0.178 e. The predicted molar refractivity (Wildman–Crippen MR) is 127 cm³/mol. The quantitative estimate of drug-likeness (QED) is 0.295. The maximum atomic E-state index is 12.7. The molecule has 0 aliphatic carbocycles. The van der Waals surface area contributed by atoms with E-state index in [1.807, 2.05) is 13.8 Å². The third-order valence-electron chi connectivity index (χ3n) is 5.64. The zero-order valence-electron chi connectivity index (χ0n) is 19.5. The fourth-order valence-corrected chi connectivity index (χ4v) is 4.92. The Kier molecular flexibility index (Phi) is 9.88. The van der Waals surface area contributed by atoms with Gasteiger partial charge in [0.15, 0.2) is 15.6 Å². The lowest BCUT2D eigenvalue weighted by Gasteiger charge is -2.18. The number of hydrogen-bond acceptors (Lipinski definition) is 7. The summed E-state index contributed by atoms with van der Waals surface area (Å²) in [7, 11) is -3.53. The lowest BCUT2D eigenvalue weighted by molar-refractivity contribution is 0.0990. The van der Waals surface area contributed by atoms with Crippen LogP contribution >= 0.6 is 0 Å². The van der Waals surface area contributed by atoms with Crippen molar-refractivity contribution in [3.8, 4) is 11.5 Å². The minimum absolute atomic E-state index is 0.0206. The molecule has 0 radical (unpaired) electrons. The summed E-state index contributed by atoms with van der Waals surface area (Å²) in [5.41, 5.74) is 1.40. The summed E-state index contributed by atoms with van der Waals surface area (Å²) in [5.74, 6) is -0.117. The van der Waals surface area contributed by atoms with Gasteiger partial charge in [0.25, 0.3) is 0 Å². The molecule has 2 atom stereocenters. The molecule has 8 heteroatoms. The first kappa shape index (κ1) is 26.8. The number of aromatic hydroxyl groups is 1. The number of ether oxygens (including phenoxy) is 1. The molecule has 0 heterocycles. The summed E-state index contributed by atoms with van der Waals surface area (Å²) in [6, 6.07) is 9.31. The Balaban J connectivity index is 2.00. The van der Waals surface area contributed by atoms with Gasteiger partial charge in [0.05, 0.1) is 28.9 Å². The van der Waals surface area contributed by atoms with E-state index < -0.39 is 15.9 Å². The number of ketones is 1. The van der Waals surface area contributed by atoms with E-state index >= 15 is 0 Å². The molecule has 0 aliphatic rings. The summed E-state index contributed by atoms with van der Waals surface area (Å²) in [6.07, 6.45) is 1.22. The van der Waals surface area contributed by atoms with Crippen molar-refractivity contribution >= 4 is 15.6 Å². The van der Waals surface area contributed by atoms with E-state index in [0.29, 0.717) is 29.7 Å². The molecule has 0 spiro atoms. The van der Waals surface area contributed by atoms with Gasteiger partial charge in [-0.15, -0.1) is 0 Å². The van der Waals surface area contributed by atoms with E-state index in [1.165, 1.54) is 25.1 Å². The van der Waals surface area contributed by atoms with Crippen molar-refractivity contribution in [3.05, 3.63) is 53.1 Å². The molecular weight excluding hydrogens is 444 g/mol. The average molecular weight is 479 g/mol. The normalized spacial score (nSPS) is 13.5. The first-order valence-electron chi connectivity index (χ1n) is 11.2. The zero-order chi connectivity index (χ0) is 24.6. The average Bonchev–Trinajstić information content (AvgIpc) is 2.78. The van der Waals surface area contributed by atoms with Gasteiger partial charge in [0.2, 0.25) is 0 Å². The van der Waals surface area contributed by atoms with E-state index in [0.717, 1.165) is 6.42 Å². The summed E-state index contributed by atoms with van der Waals surface area (Å²) in [4.78, 5) is 11.8. The maximum Gasteiger partial charge on any atom is 0.178 e. The molecule has 3 N–H and O–H groups in total. The molecule has 2 rings (SSSR count). The number of sulfone groups is 1. The number of phenolic OH excluding ortho intramolecular Hbond substituents is 1. The minimum atomic E-state index is -3.53. The third kappa shape index (κ3) is 7.03. The Morgan fingerprint density at radius 1 is 1.12 bits per heavy atom. The predicted octanol–water partition coefficient (Wildman–Crippen LogP) is 3.84. The van der Waals surface area contributed by atoms with Gasteiger partial charge in [-0.2, -0.15) is 0 Å². The van der Waals surface area contributed by atoms with E-state index in [1.54, 1.807) is 18.2 Å². The van der Waals surface area contributed by atoms with E-state index in [4.69, 9.17) is 9.84 Å². The van der Waals surface area contributed by atoms with Gasteiger partial charge in [-0.3, -0.25) is 4.79 Å². The molecule has 7 nitrogen and oxygen atoms in total. The van der Waals surface area contributed by atoms with Crippen molar-refractivity contribution in [2.45, 2.75) is 57.5 Å². The third-order valence-corrected chi connectivity index (χ3v) is 7.45. The molecule has 0 bridgehead atoms. The second-order valence-corrected chi connectivity index (χ2v) is 10.4. The largest absolute Gasteiger partial charge is 0.507 e. The fraction of sp³-hybridized carbons (Fsp3) is 0.480. The second kappa shape index (κ2) is 12.2. The van der Waals surface area contributed by atoms with E-state index in [-0.39, 0.29) is 53.3 Å². The maximum absolute atomic E-state index is 12.7. The van der Waals surface area contributed by atoms with Crippen LogP contribution in [0, 0.1) is 5.92 Å². The molecule has 182 valence electrons. The molecule has 0 aromatic heterocycles. The number of carbonyl (C=O) groups excluding carboxylic acids is 1. The Morgan fingerprint density at radius 2 is 1.79 bits per heavy atom. The Bertz CT molecular complexity index is 1030. The van der Waals surface area contributed by atoms with Crippen molar-refractivity contribution in [2.24, 2.45) is 5.92 Å². The number of aliphatic hydroxyl groups is 2. The molecule has 0 aliphatic heterocycles. The number of carbonyl (C=O) groups is 1. The first-order chi connectivity index (χ1) is 15.6. The highest BCUT2D eigenvalue weighted by Gasteiger charge is 2.19. The van der Waals surface area contributed by atoms with Crippen LogP contribution in [0.25, 0.3) is 0 Å². The van der Waals surface area contributed by atoms with E-state index in [2.05, 4.69) is 0 Å². The monoisotopic (exact) mass is 478 g/mol. The molecule has 0 fully saturated rings. The minimum Gasteiger partial charge on any atom is -0.507 e. The molecule has 33 heavy (non-hydrogen) atoms. The van der Waals surface area contributed by atoms with Crippen molar-refractivity contribution in [1.29, 1.82) is 0 Å². The molecule has 2 unspecified atom stereocenters. The van der Waals surface area contributed by atoms with Crippen LogP contribution in [-0.4, -0.2) is 48.5 Å². The second-order valence-electron chi connectivity index (χ2n) is 8.27. The van der Waals surface area contributed by atoms with Crippen LogP contribution in [0.1, 0.15) is 67.6 Å². The van der Waals surface area contributed by atoms with Crippen molar-refractivity contribution in [1.82, 2.24) is 0 Å². The highest BCUT2D eigenvalue weighted by molar-refractivity contribution is 7.91. The number of Topliss-reactive ketones (excluding diaryl/α,β-unsaturated/α-hetero) is 1. The summed E-state index contributed by atoms with van der Waals surface area (Å²) < 4.78 is 31.1.